The minimum absolute atomic E-state index is 0.00523. The molecule has 2 amide bonds. The second-order valence-electron chi connectivity index (χ2n) is 5.39. The van der Waals surface area contributed by atoms with E-state index in [9.17, 15) is 9.59 Å². The van der Waals surface area contributed by atoms with Crippen molar-refractivity contribution in [2.24, 2.45) is 5.92 Å². The van der Waals surface area contributed by atoms with Gasteiger partial charge in [0.15, 0.2) is 0 Å². The molecule has 0 bridgehead atoms. The predicted molar refractivity (Wildman–Crippen MR) is 78.7 cm³/mol. The van der Waals surface area contributed by atoms with E-state index in [1.165, 1.54) is 5.56 Å². The summed E-state index contributed by atoms with van der Waals surface area (Å²) in [4.78, 5) is 23.5. The number of benzene rings is 1. The third kappa shape index (κ3) is 3.36. The van der Waals surface area contributed by atoms with E-state index in [0.717, 1.165) is 16.8 Å². The van der Waals surface area contributed by atoms with Crippen LogP contribution in [-0.2, 0) is 9.59 Å². The molecule has 5 nitrogen and oxygen atoms in total. The first-order valence-corrected chi connectivity index (χ1v) is 6.83. The molecule has 1 aromatic carbocycles. The molecule has 3 N–H and O–H groups in total. The van der Waals surface area contributed by atoms with Gasteiger partial charge in [0.2, 0.25) is 11.8 Å². The van der Waals surface area contributed by atoms with Gasteiger partial charge in [-0.25, -0.2) is 0 Å². The minimum atomic E-state index is -0.194. The second kappa shape index (κ2) is 6.05. The molecule has 0 saturated carbocycles. The van der Waals surface area contributed by atoms with Crippen LogP contribution in [0.25, 0.3) is 0 Å². The SMILES string of the molecule is Cc1cc(C)c(NC(=O)CNC(=O)C2CNC2)c(C)c1. The number of anilines is 1. The van der Waals surface area contributed by atoms with Crippen LogP contribution in [0.4, 0.5) is 5.69 Å². The van der Waals surface area contributed by atoms with Gasteiger partial charge in [0.05, 0.1) is 12.5 Å². The highest BCUT2D eigenvalue weighted by molar-refractivity contribution is 5.96. The molecule has 1 fully saturated rings. The number of hydrogen-bond acceptors (Lipinski definition) is 3. The summed E-state index contributed by atoms with van der Waals surface area (Å²) in [5.41, 5.74) is 4.07. The van der Waals surface area contributed by atoms with Crippen LogP contribution in [0.1, 0.15) is 16.7 Å². The van der Waals surface area contributed by atoms with Crippen LogP contribution < -0.4 is 16.0 Å². The summed E-state index contributed by atoms with van der Waals surface area (Å²) in [5.74, 6) is -0.248. The molecular weight excluding hydrogens is 254 g/mol. The Bertz CT molecular complexity index is 513. The molecule has 20 heavy (non-hydrogen) atoms. The molecule has 0 atom stereocenters. The topological polar surface area (TPSA) is 70.2 Å². The Morgan fingerprint density at radius 3 is 2.30 bits per heavy atom. The molecular formula is C15H21N3O2. The van der Waals surface area contributed by atoms with Crippen LogP contribution in [0.3, 0.4) is 0 Å². The van der Waals surface area contributed by atoms with E-state index in [2.05, 4.69) is 16.0 Å². The lowest BCUT2D eigenvalue weighted by Crippen LogP contribution is -2.51. The summed E-state index contributed by atoms with van der Waals surface area (Å²) < 4.78 is 0. The number of amides is 2. The van der Waals surface area contributed by atoms with Gasteiger partial charge in [0.25, 0.3) is 0 Å². The first-order valence-electron chi connectivity index (χ1n) is 6.83. The van der Waals surface area contributed by atoms with Gasteiger partial charge in [-0.2, -0.15) is 0 Å². The number of rotatable bonds is 4. The van der Waals surface area contributed by atoms with Crippen LogP contribution in [0.5, 0.6) is 0 Å². The van der Waals surface area contributed by atoms with Gasteiger partial charge in [-0.15, -0.1) is 0 Å². The summed E-state index contributed by atoms with van der Waals surface area (Å²) in [7, 11) is 0. The maximum atomic E-state index is 11.9. The molecule has 0 aromatic heterocycles. The van der Waals surface area contributed by atoms with Crippen LogP contribution in [0, 0.1) is 26.7 Å². The van der Waals surface area contributed by atoms with Crippen LogP contribution in [0.15, 0.2) is 12.1 Å². The molecule has 1 saturated heterocycles. The largest absolute Gasteiger partial charge is 0.347 e. The Hall–Kier alpha value is -1.88. The lowest BCUT2D eigenvalue weighted by atomic mass is 10.0. The van der Waals surface area contributed by atoms with Gasteiger partial charge in [-0.1, -0.05) is 17.7 Å². The Kier molecular flexibility index (Phi) is 4.39. The monoisotopic (exact) mass is 275 g/mol. The van der Waals surface area contributed by atoms with Crippen molar-refractivity contribution < 1.29 is 9.59 Å². The highest BCUT2D eigenvalue weighted by Gasteiger charge is 2.24. The van der Waals surface area contributed by atoms with Crippen molar-refractivity contribution in [1.82, 2.24) is 10.6 Å². The highest BCUT2D eigenvalue weighted by Crippen LogP contribution is 2.21. The van der Waals surface area contributed by atoms with Gasteiger partial charge < -0.3 is 16.0 Å². The van der Waals surface area contributed by atoms with Gasteiger partial charge in [-0.05, 0) is 31.9 Å². The van der Waals surface area contributed by atoms with E-state index in [1.807, 2.05) is 32.9 Å². The quantitative estimate of drug-likeness (QED) is 0.764. The highest BCUT2D eigenvalue weighted by atomic mass is 16.2. The zero-order chi connectivity index (χ0) is 14.7. The normalized spacial score (nSPS) is 14.6. The first-order chi connectivity index (χ1) is 9.47. The maximum Gasteiger partial charge on any atom is 0.243 e. The van der Waals surface area contributed by atoms with E-state index in [4.69, 9.17) is 0 Å². The standard InChI is InChI=1S/C15H21N3O2/c1-9-4-10(2)14(11(3)5-9)18-13(19)8-17-15(20)12-6-16-7-12/h4-5,12,16H,6-8H2,1-3H3,(H,17,20)(H,18,19). The number of nitrogens with one attached hydrogen (secondary N) is 3. The average molecular weight is 275 g/mol. The average Bonchev–Trinajstić information content (AvgIpc) is 2.29. The minimum Gasteiger partial charge on any atom is -0.347 e. The van der Waals surface area contributed by atoms with Crippen LogP contribution in [0.2, 0.25) is 0 Å². The van der Waals surface area contributed by atoms with Gasteiger partial charge in [0, 0.05) is 18.8 Å². The van der Waals surface area contributed by atoms with Crippen molar-refractivity contribution in [2.45, 2.75) is 20.8 Å². The van der Waals surface area contributed by atoms with Crippen LogP contribution in [-0.4, -0.2) is 31.4 Å². The van der Waals surface area contributed by atoms with E-state index in [1.54, 1.807) is 0 Å². The smallest absolute Gasteiger partial charge is 0.243 e. The molecule has 0 unspecified atom stereocenters. The second-order valence-corrected chi connectivity index (χ2v) is 5.39. The van der Waals surface area contributed by atoms with Crippen molar-refractivity contribution in [1.29, 1.82) is 0 Å². The summed E-state index contributed by atoms with van der Waals surface area (Å²) in [6.45, 7) is 7.37. The molecule has 5 heteroatoms. The molecule has 1 aliphatic rings. The van der Waals surface area contributed by atoms with E-state index < -0.39 is 0 Å². The van der Waals surface area contributed by atoms with Gasteiger partial charge >= 0.3 is 0 Å². The third-order valence-corrected chi connectivity index (χ3v) is 3.52. The molecule has 2 rings (SSSR count). The lowest BCUT2D eigenvalue weighted by molar-refractivity contribution is -0.128. The van der Waals surface area contributed by atoms with Gasteiger partial charge in [0.1, 0.15) is 0 Å². The third-order valence-electron chi connectivity index (χ3n) is 3.52. The van der Waals surface area contributed by atoms with Crippen molar-refractivity contribution in [3.05, 3.63) is 28.8 Å². The van der Waals surface area contributed by atoms with Gasteiger partial charge in [-0.3, -0.25) is 9.59 Å². The zero-order valence-corrected chi connectivity index (χ0v) is 12.2. The van der Waals surface area contributed by atoms with Crippen molar-refractivity contribution in [2.75, 3.05) is 25.0 Å². The molecule has 1 aromatic rings. The molecule has 1 aliphatic heterocycles. The van der Waals surface area contributed by atoms with Crippen LogP contribution >= 0.6 is 0 Å². The molecule has 0 spiro atoms. The molecule has 0 aliphatic carbocycles. The molecule has 108 valence electrons. The lowest BCUT2D eigenvalue weighted by Gasteiger charge is -2.25. The fourth-order valence-corrected chi connectivity index (χ4v) is 2.35. The first kappa shape index (κ1) is 14.5. The van der Waals surface area contributed by atoms with E-state index in [0.29, 0.717) is 13.1 Å². The summed E-state index contributed by atoms with van der Waals surface area (Å²) >= 11 is 0. The van der Waals surface area contributed by atoms with E-state index >= 15 is 0 Å². The van der Waals surface area contributed by atoms with Crippen molar-refractivity contribution in [3.63, 3.8) is 0 Å². The summed E-state index contributed by atoms with van der Waals surface area (Å²) in [5, 5.41) is 8.56. The van der Waals surface area contributed by atoms with E-state index in [-0.39, 0.29) is 24.3 Å². The summed E-state index contributed by atoms with van der Waals surface area (Å²) in [6, 6.07) is 4.06. The summed E-state index contributed by atoms with van der Waals surface area (Å²) in [6.07, 6.45) is 0. The predicted octanol–water partition coefficient (Wildman–Crippen LogP) is 0.886. The maximum absolute atomic E-state index is 11.9. The number of carbonyl (C=O) groups is 2. The zero-order valence-electron chi connectivity index (χ0n) is 12.2. The Labute approximate surface area is 119 Å². The van der Waals surface area contributed by atoms with Crippen molar-refractivity contribution in [3.8, 4) is 0 Å². The number of carbonyl (C=O) groups excluding carboxylic acids is 2. The Balaban J connectivity index is 1.89. The number of hydrogen-bond donors (Lipinski definition) is 3. The van der Waals surface area contributed by atoms with Crippen molar-refractivity contribution >= 4 is 17.5 Å². The fourth-order valence-electron chi connectivity index (χ4n) is 2.35. The Morgan fingerprint density at radius 1 is 1.20 bits per heavy atom. The fraction of sp³-hybridized carbons (Fsp3) is 0.467. The Morgan fingerprint density at radius 2 is 1.80 bits per heavy atom. The molecule has 1 heterocycles. The molecule has 0 radical (unpaired) electrons. The number of aryl methyl sites for hydroxylation is 3.